The monoisotopic (exact) mass is 413 g/mol. The summed E-state index contributed by atoms with van der Waals surface area (Å²) in [4.78, 5) is 27.6. The predicted molar refractivity (Wildman–Crippen MR) is 101 cm³/mol. The summed E-state index contributed by atoms with van der Waals surface area (Å²) in [6.45, 7) is 5.92. The Balaban J connectivity index is 2.04. The molecule has 0 saturated heterocycles. The van der Waals surface area contributed by atoms with E-state index in [4.69, 9.17) is 4.74 Å². The van der Waals surface area contributed by atoms with Crippen molar-refractivity contribution in [2.24, 2.45) is 0 Å². The molecule has 0 radical (unpaired) electrons. The molecule has 140 valence electrons. The number of amides is 2. The molecule has 0 spiro atoms. The van der Waals surface area contributed by atoms with E-state index in [2.05, 4.69) is 31.5 Å². The smallest absolute Gasteiger partial charge is 0.408 e. The van der Waals surface area contributed by atoms with Gasteiger partial charge in [0.1, 0.15) is 11.3 Å². The van der Waals surface area contributed by atoms with Gasteiger partial charge in [-0.1, -0.05) is 25.7 Å². The van der Waals surface area contributed by atoms with Gasteiger partial charge < -0.3 is 20.4 Å². The molecular formula is C18H28BrN3O3. The highest BCUT2D eigenvalue weighted by Gasteiger charge is 2.34. The van der Waals surface area contributed by atoms with Gasteiger partial charge in [0.05, 0.1) is 5.54 Å². The Kier molecular flexibility index (Phi) is 6.54. The van der Waals surface area contributed by atoms with Crippen molar-refractivity contribution in [3.8, 4) is 0 Å². The van der Waals surface area contributed by atoms with Crippen molar-refractivity contribution < 1.29 is 14.3 Å². The van der Waals surface area contributed by atoms with Crippen molar-refractivity contribution in [3.63, 3.8) is 0 Å². The molecule has 2 rings (SSSR count). The second-order valence-corrected chi connectivity index (χ2v) is 8.65. The number of H-pyrrole nitrogens is 1. The van der Waals surface area contributed by atoms with Crippen molar-refractivity contribution in [1.29, 1.82) is 0 Å². The molecular weight excluding hydrogens is 386 g/mol. The highest BCUT2D eigenvalue weighted by molar-refractivity contribution is 9.10. The molecule has 1 aromatic rings. The van der Waals surface area contributed by atoms with Crippen LogP contribution in [0.1, 0.15) is 69.8 Å². The number of ether oxygens (including phenoxy) is 1. The summed E-state index contributed by atoms with van der Waals surface area (Å²) < 4.78 is 6.25. The number of alkyl carbamates (subject to hydrolysis) is 1. The normalized spacial score (nSPS) is 17.4. The molecule has 0 aliphatic heterocycles. The third-order valence-corrected chi connectivity index (χ3v) is 4.76. The summed E-state index contributed by atoms with van der Waals surface area (Å²) in [7, 11) is 0. The molecule has 6 nitrogen and oxygen atoms in total. The van der Waals surface area contributed by atoms with Gasteiger partial charge in [-0.15, -0.1) is 0 Å². The van der Waals surface area contributed by atoms with Crippen LogP contribution in [0.5, 0.6) is 0 Å². The van der Waals surface area contributed by atoms with Crippen LogP contribution in [0.2, 0.25) is 0 Å². The van der Waals surface area contributed by atoms with Gasteiger partial charge in [-0.25, -0.2) is 4.79 Å². The molecule has 1 fully saturated rings. The number of hydrogen-bond donors (Lipinski definition) is 3. The van der Waals surface area contributed by atoms with Crippen LogP contribution in [0.25, 0.3) is 0 Å². The number of carbonyl (C=O) groups is 2. The second-order valence-electron chi connectivity index (χ2n) is 7.74. The quantitative estimate of drug-likeness (QED) is 0.648. The average molecular weight is 414 g/mol. The van der Waals surface area contributed by atoms with Crippen molar-refractivity contribution >= 4 is 27.9 Å². The highest BCUT2D eigenvalue weighted by Crippen LogP contribution is 2.27. The van der Waals surface area contributed by atoms with Crippen molar-refractivity contribution in [3.05, 3.63) is 22.4 Å². The number of carbonyl (C=O) groups excluding carboxylic acids is 2. The van der Waals surface area contributed by atoms with Gasteiger partial charge in [-0.05, 0) is 55.6 Å². The lowest BCUT2D eigenvalue weighted by Gasteiger charge is -2.35. The van der Waals surface area contributed by atoms with E-state index in [1.54, 1.807) is 12.3 Å². The van der Waals surface area contributed by atoms with Gasteiger partial charge in [-0.3, -0.25) is 4.79 Å². The lowest BCUT2D eigenvalue weighted by molar-refractivity contribution is 0.0437. The Morgan fingerprint density at radius 2 is 1.88 bits per heavy atom. The first kappa shape index (κ1) is 19.8. The van der Waals surface area contributed by atoms with Gasteiger partial charge in [-0.2, -0.15) is 0 Å². The zero-order chi connectivity index (χ0) is 18.5. The molecule has 1 aliphatic carbocycles. The predicted octanol–water partition coefficient (Wildman–Crippen LogP) is 4.12. The summed E-state index contributed by atoms with van der Waals surface area (Å²) in [5, 5.41) is 6.00. The van der Waals surface area contributed by atoms with Crippen LogP contribution in [0.4, 0.5) is 4.79 Å². The van der Waals surface area contributed by atoms with E-state index < -0.39 is 17.2 Å². The maximum absolute atomic E-state index is 12.3. The summed E-state index contributed by atoms with van der Waals surface area (Å²) in [6, 6.07) is 1.73. The van der Waals surface area contributed by atoms with Crippen LogP contribution in [-0.4, -0.2) is 34.7 Å². The standard InChI is InChI=1S/C18H28BrN3O3/c1-17(2,3)25-16(24)22-18(8-6-4-5-7-9-18)12-21-15(23)14-10-13(19)11-20-14/h10-11,20H,4-9,12H2,1-3H3,(H,21,23)(H,22,24). The fourth-order valence-corrected chi connectivity index (χ4v) is 3.46. The number of nitrogens with one attached hydrogen (secondary N) is 3. The van der Waals surface area contributed by atoms with Crippen LogP contribution >= 0.6 is 15.9 Å². The van der Waals surface area contributed by atoms with E-state index >= 15 is 0 Å². The Morgan fingerprint density at radius 1 is 1.24 bits per heavy atom. The minimum atomic E-state index is -0.546. The molecule has 0 atom stereocenters. The number of hydrogen-bond acceptors (Lipinski definition) is 3. The Bertz CT molecular complexity index is 599. The number of aromatic nitrogens is 1. The third-order valence-electron chi connectivity index (χ3n) is 4.31. The summed E-state index contributed by atoms with van der Waals surface area (Å²) in [5.41, 5.74) is -0.512. The minimum Gasteiger partial charge on any atom is -0.444 e. The molecule has 0 bridgehead atoms. The van der Waals surface area contributed by atoms with Crippen molar-refractivity contribution in [2.45, 2.75) is 70.4 Å². The second kappa shape index (κ2) is 8.25. The SMILES string of the molecule is CC(C)(C)OC(=O)NC1(CNC(=O)c2cc(Br)c[nH]2)CCCCCC1. The number of aromatic amines is 1. The zero-order valence-corrected chi connectivity index (χ0v) is 16.8. The first-order chi connectivity index (χ1) is 11.7. The van der Waals surface area contributed by atoms with Gasteiger partial charge in [0.15, 0.2) is 0 Å². The highest BCUT2D eigenvalue weighted by atomic mass is 79.9. The molecule has 7 heteroatoms. The minimum absolute atomic E-state index is 0.180. The first-order valence-corrected chi connectivity index (χ1v) is 9.62. The molecule has 1 heterocycles. The van der Waals surface area contributed by atoms with Gasteiger partial charge in [0.25, 0.3) is 5.91 Å². The Hall–Kier alpha value is -1.50. The number of halogens is 1. The van der Waals surface area contributed by atoms with E-state index in [9.17, 15) is 9.59 Å². The maximum Gasteiger partial charge on any atom is 0.408 e. The van der Waals surface area contributed by atoms with Gasteiger partial charge >= 0.3 is 6.09 Å². The van der Waals surface area contributed by atoms with E-state index in [0.29, 0.717) is 12.2 Å². The fourth-order valence-electron chi connectivity index (χ4n) is 3.12. The molecule has 0 unspecified atom stereocenters. The van der Waals surface area contributed by atoms with Crippen molar-refractivity contribution in [1.82, 2.24) is 15.6 Å². The van der Waals surface area contributed by atoms with E-state index in [0.717, 1.165) is 43.0 Å². The largest absolute Gasteiger partial charge is 0.444 e. The summed E-state index contributed by atoms with van der Waals surface area (Å²) in [5.74, 6) is -0.180. The van der Waals surface area contributed by atoms with E-state index in [-0.39, 0.29) is 5.91 Å². The van der Waals surface area contributed by atoms with Crippen LogP contribution in [0.15, 0.2) is 16.7 Å². The fraction of sp³-hybridized carbons (Fsp3) is 0.667. The maximum atomic E-state index is 12.3. The van der Waals surface area contributed by atoms with Crippen LogP contribution in [0, 0.1) is 0 Å². The summed E-state index contributed by atoms with van der Waals surface area (Å²) in [6.07, 6.45) is 7.31. The average Bonchev–Trinajstić information content (AvgIpc) is 2.80. The molecule has 1 saturated carbocycles. The number of rotatable bonds is 4. The van der Waals surface area contributed by atoms with Crippen LogP contribution < -0.4 is 10.6 Å². The zero-order valence-electron chi connectivity index (χ0n) is 15.2. The lowest BCUT2D eigenvalue weighted by Crippen LogP contribution is -2.56. The molecule has 2 amide bonds. The topological polar surface area (TPSA) is 83.2 Å². The first-order valence-electron chi connectivity index (χ1n) is 8.82. The van der Waals surface area contributed by atoms with Gasteiger partial charge in [0.2, 0.25) is 0 Å². The van der Waals surface area contributed by atoms with Crippen LogP contribution in [-0.2, 0) is 4.74 Å². The third kappa shape index (κ3) is 6.38. The van der Waals surface area contributed by atoms with E-state index in [1.165, 1.54) is 0 Å². The summed E-state index contributed by atoms with van der Waals surface area (Å²) >= 11 is 3.32. The Labute approximate surface area is 157 Å². The Morgan fingerprint density at radius 3 is 2.40 bits per heavy atom. The van der Waals surface area contributed by atoms with E-state index in [1.807, 2.05) is 20.8 Å². The van der Waals surface area contributed by atoms with Gasteiger partial charge in [0, 0.05) is 17.2 Å². The lowest BCUT2D eigenvalue weighted by atomic mass is 9.90. The molecule has 0 aromatic carbocycles. The molecule has 1 aliphatic rings. The molecule has 1 aromatic heterocycles. The molecule has 25 heavy (non-hydrogen) atoms. The van der Waals surface area contributed by atoms with Crippen molar-refractivity contribution in [2.75, 3.05) is 6.54 Å². The van der Waals surface area contributed by atoms with Crippen LogP contribution in [0.3, 0.4) is 0 Å². The molecule has 3 N–H and O–H groups in total.